The number of nitrogens with one attached hydrogen (secondary N) is 1. The van der Waals surface area contributed by atoms with E-state index in [1.54, 1.807) is 23.5 Å². The largest absolute Gasteiger partial charge is 0.367 e. The van der Waals surface area contributed by atoms with E-state index in [2.05, 4.69) is 31.4 Å². The van der Waals surface area contributed by atoms with Crippen molar-refractivity contribution in [3.8, 4) is 10.6 Å². The number of amides is 1. The van der Waals surface area contributed by atoms with Gasteiger partial charge in [0.2, 0.25) is 5.91 Å². The average molecular weight is 492 g/mol. The summed E-state index contributed by atoms with van der Waals surface area (Å²) in [6.45, 7) is 0.914. The SMILES string of the molecule is O=C(COCc1ccc(F)cc1)NCCCCCc1nnc(-c2ccc(Br)cc2)s1. The fourth-order valence-corrected chi connectivity index (χ4v) is 3.91. The van der Waals surface area contributed by atoms with E-state index in [9.17, 15) is 9.18 Å². The number of carbonyl (C=O) groups excluding carboxylic acids is 1. The lowest BCUT2D eigenvalue weighted by atomic mass is 10.2. The van der Waals surface area contributed by atoms with Crippen LogP contribution < -0.4 is 5.32 Å². The zero-order chi connectivity index (χ0) is 21.2. The minimum Gasteiger partial charge on any atom is -0.367 e. The van der Waals surface area contributed by atoms with Gasteiger partial charge in [-0.2, -0.15) is 0 Å². The molecular weight excluding hydrogens is 469 g/mol. The minimum absolute atomic E-state index is 0.000988. The first kappa shape index (κ1) is 22.5. The molecule has 0 fully saturated rings. The summed E-state index contributed by atoms with van der Waals surface area (Å²) in [5, 5.41) is 13.4. The van der Waals surface area contributed by atoms with Crippen LogP contribution in [0, 0.1) is 5.82 Å². The molecule has 0 aliphatic carbocycles. The molecule has 0 aliphatic heterocycles. The maximum atomic E-state index is 12.8. The minimum atomic E-state index is -0.285. The van der Waals surface area contributed by atoms with Gasteiger partial charge in [-0.25, -0.2) is 4.39 Å². The first-order valence-corrected chi connectivity index (χ1v) is 11.4. The highest BCUT2D eigenvalue weighted by Gasteiger charge is 2.07. The molecule has 3 rings (SSSR count). The number of carbonyl (C=O) groups is 1. The second-order valence-electron chi connectivity index (χ2n) is 6.79. The van der Waals surface area contributed by atoms with Crippen LogP contribution in [0.2, 0.25) is 0 Å². The molecule has 1 aromatic heterocycles. The van der Waals surface area contributed by atoms with Gasteiger partial charge < -0.3 is 10.1 Å². The van der Waals surface area contributed by atoms with Gasteiger partial charge in [-0.3, -0.25) is 4.79 Å². The van der Waals surface area contributed by atoms with Gasteiger partial charge >= 0.3 is 0 Å². The van der Waals surface area contributed by atoms with Crippen molar-refractivity contribution < 1.29 is 13.9 Å². The van der Waals surface area contributed by atoms with Gasteiger partial charge in [0, 0.05) is 23.0 Å². The third-order valence-corrected chi connectivity index (χ3v) is 5.92. The van der Waals surface area contributed by atoms with Gasteiger partial charge in [-0.1, -0.05) is 58.0 Å². The third-order valence-electron chi connectivity index (χ3n) is 4.36. The van der Waals surface area contributed by atoms with Crippen molar-refractivity contribution in [1.29, 1.82) is 0 Å². The van der Waals surface area contributed by atoms with Crippen LogP contribution >= 0.6 is 27.3 Å². The summed E-state index contributed by atoms with van der Waals surface area (Å²) in [5.41, 5.74) is 1.91. The van der Waals surface area contributed by atoms with Crippen molar-refractivity contribution in [2.24, 2.45) is 0 Å². The van der Waals surface area contributed by atoms with Crippen LogP contribution in [0.4, 0.5) is 4.39 Å². The Morgan fingerprint density at radius 3 is 2.57 bits per heavy atom. The Labute approximate surface area is 187 Å². The number of ether oxygens (including phenoxy) is 1. The van der Waals surface area contributed by atoms with E-state index in [1.165, 1.54) is 12.1 Å². The summed E-state index contributed by atoms with van der Waals surface area (Å²) in [5.74, 6) is -0.423. The van der Waals surface area contributed by atoms with E-state index in [0.717, 1.165) is 51.3 Å². The van der Waals surface area contributed by atoms with Crippen molar-refractivity contribution in [2.45, 2.75) is 32.3 Å². The van der Waals surface area contributed by atoms with Crippen molar-refractivity contribution in [1.82, 2.24) is 15.5 Å². The molecular formula is C22H23BrFN3O2S. The molecule has 1 N–H and O–H groups in total. The highest BCUT2D eigenvalue weighted by Crippen LogP contribution is 2.25. The number of halogens is 2. The van der Waals surface area contributed by atoms with Crippen molar-refractivity contribution in [2.75, 3.05) is 13.2 Å². The molecule has 3 aromatic rings. The van der Waals surface area contributed by atoms with Crippen LogP contribution in [0.3, 0.4) is 0 Å². The Balaban J connectivity index is 1.24. The first-order valence-electron chi connectivity index (χ1n) is 9.77. The van der Waals surface area contributed by atoms with E-state index in [4.69, 9.17) is 4.74 Å². The Bertz CT molecular complexity index is 932. The first-order chi connectivity index (χ1) is 14.6. The fourth-order valence-electron chi connectivity index (χ4n) is 2.76. The van der Waals surface area contributed by atoms with Gasteiger partial charge in [0.15, 0.2) is 0 Å². The number of nitrogens with zero attached hydrogens (tertiary/aromatic N) is 2. The summed E-state index contributed by atoms with van der Waals surface area (Å²) in [4.78, 5) is 11.8. The van der Waals surface area contributed by atoms with E-state index in [1.807, 2.05) is 24.3 Å². The molecule has 0 radical (unpaired) electrons. The summed E-state index contributed by atoms with van der Waals surface area (Å²) in [7, 11) is 0. The second-order valence-corrected chi connectivity index (χ2v) is 8.77. The maximum absolute atomic E-state index is 12.8. The predicted molar refractivity (Wildman–Crippen MR) is 120 cm³/mol. The average Bonchev–Trinajstić information content (AvgIpc) is 3.21. The smallest absolute Gasteiger partial charge is 0.246 e. The van der Waals surface area contributed by atoms with Crippen molar-refractivity contribution >= 4 is 33.2 Å². The van der Waals surface area contributed by atoms with E-state index in [-0.39, 0.29) is 24.9 Å². The summed E-state index contributed by atoms with van der Waals surface area (Å²) in [6.07, 6.45) is 3.81. The molecule has 0 saturated heterocycles. The van der Waals surface area contributed by atoms with Crippen molar-refractivity contribution in [3.63, 3.8) is 0 Å². The Kier molecular flexibility index (Phi) is 8.92. The number of unbranched alkanes of at least 4 members (excludes halogenated alkanes) is 2. The molecule has 0 atom stereocenters. The molecule has 158 valence electrons. The summed E-state index contributed by atoms with van der Waals surface area (Å²) in [6, 6.07) is 14.1. The summed E-state index contributed by atoms with van der Waals surface area (Å²) < 4.78 is 19.2. The number of hydrogen-bond acceptors (Lipinski definition) is 5. The molecule has 30 heavy (non-hydrogen) atoms. The molecule has 8 heteroatoms. The second kappa shape index (κ2) is 11.9. The van der Waals surface area contributed by atoms with Gasteiger partial charge in [0.25, 0.3) is 0 Å². The standard InChI is InChI=1S/C22H23BrFN3O2S/c23-18-9-7-17(8-10-18)22-27-26-21(30-22)4-2-1-3-13-25-20(28)15-29-14-16-5-11-19(24)12-6-16/h5-12H,1-4,13-15H2,(H,25,28). The normalized spacial score (nSPS) is 10.9. The monoisotopic (exact) mass is 491 g/mol. The highest BCUT2D eigenvalue weighted by molar-refractivity contribution is 9.10. The Hall–Kier alpha value is -2.16. The van der Waals surface area contributed by atoms with Crippen LogP contribution in [-0.4, -0.2) is 29.3 Å². The van der Waals surface area contributed by atoms with Gasteiger partial charge in [0.1, 0.15) is 22.4 Å². The zero-order valence-electron chi connectivity index (χ0n) is 16.4. The van der Waals surface area contributed by atoms with E-state index in [0.29, 0.717) is 6.54 Å². The molecule has 1 heterocycles. The molecule has 5 nitrogen and oxygen atoms in total. The van der Waals surface area contributed by atoms with E-state index < -0.39 is 0 Å². The molecule has 0 unspecified atom stereocenters. The van der Waals surface area contributed by atoms with Gasteiger partial charge in [-0.05, 0) is 42.7 Å². The number of benzene rings is 2. The molecule has 0 bridgehead atoms. The van der Waals surface area contributed by atoms with Crippen LogP contribution in [0.1, 0.15) is 29.8 Å². The quantitative estimate of drug-likeness (QED) is 0.376. The van der Waals surface area contributed by atoms with Crippen LogP contribution in [0.15, 0.2) is 53.0 Å². The van der Waals surface area contributed by atoms with Gasteiger partial charge in [0.05, 0.1) is 6.61 Å². The van der Waals surface area contributed by atoms with Crippen LogP contribution in [0.5, 0.6) is 0 Å². The lowest BCUT2D eigenvalue weighted by Gasteiger charge is -2.06. The van der Waals surface area contributed by atoms with Crippen LogP contribution in [0.25, 0.3) is 10.6 Å². The fraction of sp³-hybridized carbons (Fsp3) is 0.318. The lowest BCUT2D eigenvalue weighted by molar-refractivity contribution is -0.126. The number of hydrogen-bond donors (Lipinski definition) is 1. The van der Waals surface area contributed by atoms with Crippen molar-refractivity contribution in [3.05, 3.63) is 69.4 Å². The topological polar surface area (TPSA) is 64.1 Å². The van der Waals surface area contributed by atoms with E-state index >= 15 is 0 Å². The van der Waals surface area contributed by atoms with Gasteiger partial charge in [-0.15, -0.1) is 10.2 Å². The maximum Gasteiger partial charge on any atom is 0.246 e. The molecule has 2 aromatic carbocycles. The number of aryl methyl sites for hydroxylation is 1. The van der Waals surface area contributed by atoms with Crippen LogP contribution in [-0.2, 0) is 22.6 Å². The lowest BCUT2D eigenvalue weighted by Crippen LogP contribution is -2.28. The molecule has 0 saturated carbocycles. The number of rotatable bonds is 11. The predicted octanol–water partition coefficient (Wildman–Crippen LogP) is 5.15. The zero-order valence-corrected chi connectivity index (χ0v) is 18.8. The molecule has 0 spiro atoms. The number of aromatic nitrogens is 2. The Morgan fingerprint density at radius 1 is 1.03 bits per heavy atom. The third kappa shape index (κ3) is 7.59. The Morgan fingerprint density at radius 2 is 1.80 bits per heavy atom. The molecule has 1 amide bonds. The highest BCUT2D eigenvalue weighted by atomic mass is 79.9. The summed E-state index contributed by atoms with van der Waals surface area (Å²) >= 11 is 5.06. The molecule has 0 aliphatic rings.